The smallest absolute Gasteiger partial charge is 0.321 e. The number of hydrogen-bond acceptors (Lipinski definition) is 2. The molecule has 0 N–H and O–H groups in total. The molecule has 72 valence electrons. The lowest BCUT2D eigenvalue weighted by molar-refractivity contribution is 0.247. The van der Waals surface area contributed by atoms with Crippen molar-refractivity contribution < 1.29 is 8.85 Å². The van der Waals surface area contributed by atoms with Gasteiger partial charge in [0.15, 0.2) is 0 Å². The van der Waals surface area contributed by atoms with Crippen molar-refractivity contribution >= 4 is 9.28 Å². The van der Waals surface area contributed by atoms with Crippen LogP contribution in [-0.4, -0.2) is 23.0 Å². The third kappa shape index (κ3) is 6.58. The molecule has 0 aromatic rings. The zero-order chi connectivity index (χ0) is 9.40. The molecule has 0 aromatic heterocycles. The van der Waals surface area contributed by atoms with Crippen LogP contribution in [0.4, 0.5) is 0 Å². The number of rotatable bonds is 7. The molecule has 0 saturated heterocycles. The van der Waals surface area contributed by atoms with E-state index in [4.69, 9.17) is 8.85 Å². The molecule has 0 saturated carbocycles. The molecule has 1 unspecified atom stereocenters. The summed E-state index contributed by atoms with van der Waals surface area (Å²) < 4.78 is 10.9. The first kappa shape index (κ1) is 11.9. The van der Waals surface area contributed by atoms with Crippen molar-refractivity contribution in [2.45, 2.75) is 32.7 Å². The molecule has 1 atom stereocenters. The Balaban J connectivity index is 3.45. The highest BCUT2D eigenvalue weighted by atomic mass is 28.3. The van der Waals surface area contributed by atoms with Gasteiger partial charge < -0.3 is 8.85 Å². The highest BCUT2D eigenvalue weighted by Crippen LogP contribution is 2.04. The summed E-state index contributed by atoms with van der Waals surface area (Å²) in [5, 5.41) is 0. The Morgan fingerprint density at radius 2 is 2.17 bits per heavy atom. The summed E-state index contributed by atoms with van der Waals surface area (Å²) in [6.45, 7) is 8.60. The highest BCUT2D eigenvalue weighted by molar-refractivity contribution is 6.44. The Morgan fingerprint density at radius 3 is 2.58 bits per heavy atom. The largest absolute Gasteiger partial charge is 0.400 e. The lowest BCUT2D eigenvalue weighted by Gasteiger charge is -2.13. The third-order valence-electron chi connectivity index (χ3n) is 1.57. The molecule has 0 fully saturated rings. The minimum absolute atomic E-state index is 0.661. The van der Waals surface area contributed by atoms with E-state index in [2.05, 4.69) is 13.5 Å². The third-order valence-corrected chi connectivity index (χ3v) is 3.52. The summed E-state index contributed by atoms with van der Waals surface area (Å²) in [6, 6.07) is 1.11. The van der Waals surface area contributed by atoms with Crippen LogP contribution in [0, 0.1) is 0 Å². The first-order chi connectivity index (χ1) is 5.70. The zero-order valence-electron chi connectivity index (χ0n) is 8.43. The molecule has 0 aliphatic heterocycles. The first-order valence-corrected chi connectivity index (χ1v) is 6.25. The maximum absolute atomic E-state index is 5.57. The fourth-order valence-corrected chi connectivity index (χ4v) is 2.63. The summed E-state index contributed by atoms with van der Waals surface area (Å²) in [6.07, 6.45) is 2.42. The van der Waals surface area contributed by atoms with Crippen molar-refractivity contribution in [1.29, 1.82) is 0 Å². The van der Waals surface area contributed by atoms with Gasteiger partial charge in [0.2, 0.25) is 0 Å². The van der Waals surface area contributed by atoms with Gasteiger partial charge in [0.25, 0.3) is 0 Å². The van der Waals surface area contributed by atoms with Crippen LogP contribution in [0.15, 0.2) is 12.2 Å². The quantitative estimate of drug-likeness (QED) is 0.450. The van der Waals surface area contributed by atoms with Gasteiger partial charge in [-0.15, -0.1) is 0 Å². The monoisotopic (exact) mass is 188 g/mol. The number of hydrogen-bond donors (Lipinski definition) is 0. The van der Waals surface area contributed by atoms with Gasteiger partial charge in [0.05, 0.1) is 6.61 Å². The Hall–Kier alpha value is -0.123. The van der Waals surface area contributed by atoms with E-state index in [1.165, 1.54) is 12.8 Å². The summed E-state index contributed by atoms with van der Waals surface area (Å²) in [5.74, 6) is 0. The fraction of sp³-hybridized carbons (Fsp3) is 0.778. The van der Waals surface area contributed by atoms with E-state index >= 15 is 0 Å². The molecular weight excluding hydrogens is 168 g/mol. The predicted octanol–water partition coefficient (Wildman–Crippen LogP) is 2.25. The van der Waals surface area contributed by atoms with Crippen LogP contribution in [-0.2, 0) is 8.85 Å². The molecule has 0 radical (unpaired) electrons. The van der Waals surface area contributed by atoms with E-state index in [1.54, 1.807) is 7.11 Å². The van der Waals surface area contributed by atoms with Gasteiger partial charge in [-0.1, -0.05) is 31.9 Å². The summed E-state index contributed by atoms with van der Waals surface area (Å²) in [5.41, 5.74) is 1.07. The molecule has 3 heteroatoms. The Labute approximate surface area is 77.4 Å². The average molecular weight is 188 g/mol. The molecule has 0 aromatic carbocycles. The topological polar surface area (TPSA) is 18.5 Å². The second-order valence-corrected chi connectivity index (χ2v) is 5.32. The molecule has 2 nitrogen and oxygen atoms in total. The van der Waals surface area contributed by atoms with Crippen LogP contribution in [0.3, 0.4) is 0 Å². The molecule has 0 amide bonds. The molecule has 12 heavy (non-hydrogen) atoms. The van der Waals surface area contributed by atoms with Crippen LogP contribution < -0.4 is 0 Å². The van der Waals surface area contributed by atoms with E-state index in [-0.39, 0.29) is 0 Å². The van der Waals surface area contributed by atoms with Gasteiger partial charge in [-0.05, 0) is 13.0 Å². The Bertz CT molecular complexity index is 126. The molecular formula is C9H20O2Si. The number of unbranched alkanes of at least 4 members (excludes halogenated alkanes) is 1. The van der Waals surface area contributed by atoms with Crippen LogP contribution >= 0.6 is 0 Å². The van der Waals surface area contributed by atoms with Gasteiger partial charge in [0, 0.05) is 7.11 Å². The molecule has 0 aliphatic carbocycles. The van der Waals surface area contributed by atoms with E-state index in [1.807, 2.05) is 6.92 Å². The van der Waals surface area contributed by atoms with Crippen LogP contribution in [0.2, 0.25) is 6.04 Å². The summed E-state index contributed by atoms with van der Waals surface area (Å²) >= 11 is 0. The first-order valence-electron chi connectivity index (χ1n) is 4.49. The lowest BCUT2D eigenvalue weighted by atomic mass is 10.4. The Morgan fingerprint density at radius 1 is 1.50 bits per heavy atom. The van der Waals surface area contributed by atoms with Crippen LogP contribution in [0.25, 0.3) is 0 Å². The second-order valence-electron chi connectivity index (χ2n) is 3.08. The average Bonchev–Trinajstić information content (AvgIpc) is 2.05. The SMILES string of the molecule is C=C(C)CO[SiH](CCCC)OC. The van der Waals surface area contributed by atoms with Crippen molar-refractivity contribution in [3.8, 4) is 0 Å². The second kappa shape index (κ2) is 7.52. The van der Waals surface area contributed by atoms with Crippen molar-refractivity contribution in [1.82, 2.24) is 0 Å². The summed E-state index contributed by atoms with van der Waals surface area (Å²) in [4.78, 5) is 0. The zero-order valence-corrected chi connectivity index (χ0v) is 9.58. The van der Waals surface area contributed by atoms with E-state index in [0.29, 0.717) is 6.61 Å². The van der Waals surface area contributed by atoms with E-state index < -0.39 is 9.28 Å². The maximum Gasteiger partial charge on any atom is 0.321 e. The molecule has 0 heterocycles. The van der Waals surface area contributed by atoms with Gasteiger partial charge in [-0.2, -0.15) is 0 Å². The highest BCUT2D eigenvalue weighted by Gasteiger charge is 2.09. The van der Waals surface area contributed by atoms with E-state index in [0.717, 1.165) is 11.6 Å². The van der Waals surface area contributed by atoms with E-state index in [9.17, 15) is 0 Å². The van der Waals surface area contributed by atoms with Gasteiger partial charge in [0.1, 0.15) is 0 Å². The summed E-state index contributed by atoms with van der Waals surface area (Å²) in [7, 11) is 0.393. The van der Waals surface area contributed by atoms with Crippen molar-refractivity contribution in [3.05, 3.63) is 12.2 Å². The van der Waals surface area contributed by atoms with Crippen molar-refractivity contribution in [2.75, 3.05) is 13.7 Å². The fourth-order valence-electron chi connectivity index (χ4n) is 0.875. The van der Waals surface area contributed by atoms with Crippen molar-refractivity contribution in [2.24, 2.45) is 0 Å². The van der Waals surface area contributed by atoms with Crippen LogP contribution in [0.5, 0.6) is 0 Å². The van der Waals surface area contributed by atoms with Gasteiger partial charge in [-0.25, -0.2) is 0 Å². The molecule has 0 bridgehead atoms. The standard InChI is InChI=1S/C9H20O2Si/c1-5-6-7-12(10-4)11-8-9(2)3/h12H,2,5-8H2,1,3-4H3. The minimum atomic E-state index is -1.35. The lowest BCUT2D eigenvalue weighted by Crippen LogP contribution is -2.21. The minimum Gasteiger partial charge on any atom is -0.400 e. The maximum atomic E-state index is 5.57. The molecule has 0 rings (SSSR count). The molecule has 0 spiro atoms. The van der Waals surface area contributed by atoms with Crippen molar-refractivity contribution in [3.63, 3.8) is 0 Å². The van der Waals surface area contributed by atoms with Crippen LogP contribution in [0.1, 0.15) is 26.7 Å². The Kier molecular flexibility index (Phi) is 7.44. The van der Waals surface area contributed by atoms with Gasteiger partial charge in [-0.3, -0.25) is 0 Å². The normalized spacial score (nSPS) is 12.9. The molecule has 0 aliphatic rings. The predicted molar refractivity (Wildman–Crippen MR) is 54.6 cm³/mol. The van der Waals surface area contributed by atoms with Gasteiger partial charge >= 0.3 is 9.28 Å².